The Balaban J connectivity index is 1.61. The number of fused-ring (bicyclic) bond motifs is 2. The third-order valence-electron chi connectivity index (χ3n) is 5.23. The van der Waals surface area contributed by atoms with Gasteiger partial charge in [0.25, 0.3) is 0 Å². The first-order chi connectivity index (χ1) is 13.9. The number of hydrogen-bond donors (Lipinski definition) is 2. The molecule has 3 N–H and O–H groups in total. The van der Waals surface area contributed by atoms with E-state index in [2.05, 4.69) is 15.3 Å². The minimum Gasteiger partial charge on any atom is -0.436 e. The summed E-state index contributed by atoms with van der Waals surface area (Å²) in [6.07, 6.45) is 5.05. The molecule has 1 spiro atoms. The average molecular weight is 420 g/mol. The van der Waals surface area contributed by atoms with Crippen molar-refractivity contribution in [1.82, 2.24) is 14.9 Å². The molecule has 1 aromatic heterocycles. The Morgan fingerprint density at radius 2 is 2.17 bits per heavy atom. The van der Waals surface area contributed by atoms with Crippen LogP contribution in [-0.4, -0.2) is 46.0 Å². The quantitative estimate of drug-likeness (QED) is 0.789. The Kier molecular flexibility index (Phi) is 5.10. The molecule has 0 bridgehead atoms. The van der Waals surface area contributed by atoms with Gasteiger partial charge in [-0.2, -0.15) is 0 Å². The first-order valence-corrected chi connectivity index (χ1v) is 9.54. The average Bonchev–Trinajstić information content (AvgIpc) is 2.70. The molecule has 2 aliphatic rings. The summed E-state index contributed by atoms with van der Waals surface area (Å²) in [6.45, 7) is 0.435. The minimum atomic E-state index is -1.31. The lowest BCUT2D eigenvalue weighted by molar-refractivity contribution is -0.140. The zero-order valence-electron chi connectivity index (χ0n) is 15.4. The van der Waals surface area contributed by atoms with Gasteiger partial charge in [0.1, 0.15) is 6.33 Å². The van der Waals surface area contributed by atoms with E-state index in [4.69, 9.17) is 22.1 Å². The SMILES string of the molecule is N[C@@H](Cc1cncnc1)C(=O)N1CCC[C@@]2(C1)OC(=O)Nc1ccc(Cl)c(F)c12. The molecule has 3 heterocycles. The van der Waals surface area contributed by atoms with Gasteiger partial charge in [-0.15, -0.1) is 0 Å². The van der Waals surface area contributed by atoms with Crippen molar-refractivity contribution >= 4 is 29.3 Å². The number of piperidine rings is 1. The molecule has 0 radical (unpaired) electrons. The van der Waals surface area contributed by atoms with Crippen molar-refractivity contribution in [2.75, 3.05) is 18.4 Å². The molecule has 4 rings (SSSR count). The Morgan fingerprint density at radius 3 is 2.93 bits per heavy atom. The molecule has 1 saturated heterocycles. The van der Waals surface area contributed by atoms with E-state index in [9.17, 15) is 14.0 Å². The Morgan fingerprint density at radius 1 is 1.41 bits per heavy atom. The summed E-state index contributed by atoms with van der Waals surface area (Å²) in [4.78, 5) is 34.4. The molecule has 2 atom stereocenters. The van der Waals surface area contributed by atoms with Gasteiger partial charge in [0, 0.05) is 18.9 Å². The maximum atomic E-state index is 14.9. The van der Waals surface area contributed by atoms with Gasteiger partial charge in [0.15, 0.2) is 11.4 Å². The molecule has 1 fully saturated rings. The number of ether oxygens (including phenoxy) is 1. The molecule has 29 heavy (non-hydrogen) atoms. The van der Waals surface area contributed by atoms with Crippen LogP contribution >= 0.6 is 11.6 Å². The first-order valence-electron chi connectivity index (χ1n) is 9.16. The van der Waals surface area contributed by atoms with E-state index in [0.717, 1.165) is 5.56 Å². The van der Waals surface area contributed by atoms with Crippen molar-refractivity contribution < 1.29 is 18.7 Å². The number of amides is 2. The number of rotatable bonds is 3. The molecule has 1 aromatic carbocycles. The maximum Gasteiger partial charge on any atom is 0.412 e. The van der Waals surface area contributed by atoms with Gasteiger partial charge >= 0.3 is 6.09 Å². The van der Waals surface area contributed by atoms with E-state index in [-0.39, 0.29) is 29.5 Å². The number of aromatic nitrogens is 2. The molecule has 2 amide bonds. The second kappa shape index (κ2) is 7.57. The second-order valence-electron chi connectivity index (χ2n) is 7.21. The van der Waals surface area contributed by atoms with Gasteiger partial charge in [-0.3, -0.25) is 10.1 Å². The summed E-state index contributed by atoms with van der Waals surface area (Å²) in [6, 6.07) is 2.08. The van der Waals surface area contributed by atoms with Crippen LogP contribution in [0, 0.1) is 5.82 Å². The number of hydrogen-bond acceptors (Lipinski definition) is 6. The second-order valence-corrected chi connectivity index (χ2v) is 7.62. The summed E-state index contributed by atoms with van der Waals surface area (Å²) < 4.78 is 20.5. The number of benzene rings is 1. The van der Waals surface area contributed by atoms with Crippen molar-refractivity contribution in [3.63, 3.8) is 0 Å². The monoisotopic (exact) mass is 419 g/mol. The van der Waals surface area contributed by atoms with E-state index in [1.54, 1.807) is 12.4 Å². The smallest absolute Gasteiger partial charge is 0.412 e. The third-order valence-corrected chi connectivity index (χ3v) is 5.52. The summed E-state index contributed by atoms with van der Waals surface area (Å²) >= 11 is 5.97. The summed E-state index contributed by atoms with van der Waals surface area (Å²) in [5, 5.41) is 2.42. The van der Waals surface area contributed by atoms with E-state index in [1.165, 1.54) is 23.4 Å². The fourth-order valence-corrected chi connectivity index (χ4v) is 4.13. The van der Waals surface area contributed by atoms with Crippen LogP contribution in [0.5, 0.6) is 0 Å². The van der Waals surface area contributed by atoms with Crippen LogP contribution in [0.3, 0.4) is 0 Å². The lowest BCUT2D eigenvalue weighted by Gasteiger charge is -2.45. The van der Waals surface area contributed by atoms with Crippen LogP contribution in [-0.2, 0) is 21.6 Å². The van der Waals surface area contributed by atoms with Crippen LogP contribution < -0.4 is 11.1 Å². The standard InChI is InChI=1S/C19H19ClFN5O3/c20-12-2-3-14-15(16(12)21)19(29-18(28)25-14)4-1-5-26(9-19)17(27)13(22)6-11-7-23-10-24-8-11/h2-3,7-8,10,13H,1,4-6,9,22H2,(H,25,28)/t13-,19-/m0/s1. The number of anilines is 1. The van der Waals surface area contributed by atoms with Gasteiger partial charge in [-0.1, -0.05) is 11.6 Å². The Hall–Kier alpha value is -2.78. The van der Waals surface area contributed by atoms with E-state index in [0.29, 0.717) is 25.1 Å². The molecular weight excluding hydrogens is 401 g/mol. The van der Waals surface area contributed by atoms with E-state index >= 15 is 0 Å². The predicted octanol–water partition coefficient (Wildman–Crippen LogP) is 2.22. The number of nitrogens with one attached hydrogen (secondary N) is 1. The molecular formula is C19H19ClFN5O3. The number of carbonyl (C=O) groups is 2. The highest BCUT2D eigenvalue weighted by molar-refractivity contribution is 6.31. The number of nitrogens with zero attached hydrogens (tertiary/aromatic N) is 3. The van der Waals surface area contributed by atoms with Crippen LogP contribution in [0.2, 0.25) is 5.02 Å². The lowest BCUT2D eigenvalue weighted by Crippen LogP contribution is -2.56. The number of halogens is 2. The highest BCUT2D eigenvalue weighted by Crippen LogP contribution is 2.45. The maximum absolute atomic E-state index is 14.9. The Labute approximate surface area is 171 Å². The molecule has 152 valence electrons. The fraction of sp³-hybridized carbons (Fsp3) is 0.368. The molecule has 0 unspecified atom stereocenters. The van der Waals surface area contributed by atoms with Gasteiger partial charge in [0.05, 0.1) is 28.9 Å². The van der Waals surface area contributed by atoms with Gasteiger partial charge in [-0.25, -0.2) is 19.2 Å². The molecule has 0 saturated carbocycles. The van der Waals surface area contributed by atoms with Crippen molar-refractivity contribution in [2.24, 2.45) is 5.73 Å². The van der Waals surface area contributed by atoms with Gasteiger partial charge in [-0.05, 0) is 37.0 Å². The summed E-state index contributed by atoms with van der Waals surface area (Å²) in [5.41, 5.74) is 5.99. The summed E-state index contributed by atoms with van der Waals surface area (Å²) in [5.74, 6) is -0.976. The largest absolute Gasteiger partial charge is 0.436 e. The van der Waals surface area contributed by atoms with Gasteiger partial charge in [0.2, 0.25) is 5.91 Å². The topological polar surface area (TPSA) is 110 Å². The van der Waals surface area contributed by atoms with Crippen molar-refractivity contribution in [2.45, 2.75) is 30.9 Å². The molecule has 10 heteroatoms. The Bertz CT molecular complexity index is 960. The first kappa shape index (κ1) is 19.5. The summed E-state index contributed by atoms with van der Waals surface area (Å²) in [7, 11) is 0. The van der Waals surface area contributed by atoms with Gasteiger partial charge < -0.3 is 15.4 Å². The zero-order chi connectivity index (χ0) is 20.6. The van der Waals surface area contributed by atoms with Crippen LogP contribution in [0.15, 0.2) is 30.9 Å². The van der Waals surface area contributed by atoms with E-state index in [1.807, 2.05) is 0 Å². The molecule has 2 aromatic rings. The predicted molar refractivity (Wildman–Crippen MR) is 103 cm³/mol. The normalized spacial score (nSPS) is 21.9. The number of carbonyl (C=O) groups excluding carboxylic acids is 2. The molecule has 8 nitrogen and oxygen atoms in total. The van der Waals surface area contributed by atoms with E-state index < -0.39 is 23.6 Å². The zero-order valence-corrected chi connectivity index (χ0v) is 16.2. The minimum absolute atomic E-state index is 0.00249. The van der Waals surface area contributed by atoms with Crippen molar-refractivity contribution in [3.8, 4) is 0 Å². The number of likely N-dealkylation sites (tertiary alicyclic amines) is 1. The highest BCUT2D eigenvalue weighted by atomic mass is 35.5. The van der Waals surface area contributed by atoms with Crippen LogP contribution in [0.25, 0.3) is 0 Å². The van der Waals surface area contributed by atoms with Crippen LogP contribution in [0.1, 0.15) is 24.0 Å². The third kappa shape index (κ3) is 3.63. The van der Waals surface area contributed by atoms with Crippen molar-refractivity contribution in [3.05, 3.63) is 52.8 Å². The number of nitrogens with two attached hydrogens (primary N) is 1. The highest BCUT2D eigenvalue weighted by Gasteiger charge is 2.48. The lowest BCUT2D eigenvalue weighted by atomic mass is 9.83. The van der Waals surface area contributed by atoms with Crippen molar-refractivity contribution in [1.29, 1.82) is 0 Å². The molecule has 0 aliphatic carbocycles. The fourth-order valence-electron chi connectivity index (χ4n) is 3.97. The molecule has 2 aliphatic heterocycles. The van der Waals surface area contributed by atoms with Crippen LogP contribution in [0.4, 0.5) is 14.9 Å².